The molecular formula is C15H4ClF9S. The van der Waals surface area contributed by atoms with Crippen LogP contribution in [0, 0.1) is 0 Å². The van der Waals surface area contributed by atoms with E-state index in [1.165, 1.54) is 0 Å². The molecule has 0 spiro atoms. The first-order valence-corrected chi connectivity index (χ1v) is 7.81. The first-order chi connectivity index (χ1) is 11.7. The Kier molecular flexibility index (Phi) is 4.15. The average Bonchev–Trinajstić information content (AvgIpc) is 2.82. The first-order valence-electron chi connectivity index (χ1n) is 6.61. The van der Waals surface area contributed by atoms with Crippen LogP contribution in [0.2, 0.25) is 5.02 Å². The van der Waals surface area contributed by atoms with Gasteiger partial charge in [-0.25, -0.2) is 0 Å². The highest BCUT2D eigenvalue weighted by Crippen LogP contribution is 2.49. The lowest BCUT2D eigenvalue weighted by Crippen LogP contribution is -2.10. The lowest BCUT2D eigenvalue weighted by molar-refractivity contribution is -0.142. The minimum atomic E-state index is -5.13. The zero-order valence-corrected chi connectivity index (χ0v) is 13.6. The molecule has 0 aliphatic heterocycles. The van der Waals surface area contributed by atoms with Crippen molar-refractivity contribution >= 4 is 43.1 Å². The van der Waals surface area contributed by atoms with Gasteiger partial charge in [0.2, 0.25) is 0 Å². The smallest absolute Gasteiger partial charge is 0.166 e. The van der Waals surface area contributed by atoms with Crippen LogP contribution in [0.15, 0.2) is 24.3 Å². The highest BCUT2D eigenvalue weighted by Gasteiger charge is 2.40. The molecule has 2 aromatic carbocycles. The van der Waals surface area contributed by atoms with Crippen LogP contribution in [-0.4, -0.2) is 0 Å². The molecule has 1 heterocycles. The molecule has 0 unspecified atom stereocenters. The number of thiophene rings is 1. The van der Waals surface area contributed by atoms with E-state index in [0.29, 0.717) is 23.5 Å². The van der Waals surface area contributed by atoms with E-state index in [9.17, 15) is 39.5 Å². The Morgan fingerprint density at radius 1 is 0.731 bits per heavy atom. The SMILES string of the molecule is FC(F)(F)c1cc(C(F)(F)F)c2sc3ccc(C(F)(F)F)c(Cl)c3c2c1. The zero-order valence-electron chi connectivity index (χ0n) is 12.0. The maximum absolute atomic E-state index is 13.2. The summed E-state index contributed by atoms with van der Waals surface area (Å²) in [6.45, 7) is 0. The molecule has 0 aliphatic carbocycles. The molecule has 0 N–H and O–H groups in total. The van der Waals surface area contributed by atoms with E-state index in [1.54, 1.807) is 0 Å². The summed E-state index contributed by atoms with van der Waals surface area (Å²) in [6.07, 6.45) is -15.1. The van der Waals surface area contributed by atoms with Gasteiger partial charge in [0.15, 0.2) is 0 Å². The van der Waals surface area contributed by atoms with Crippen molar-refractivity contribution in [3.8, 4) is 0 Å². The number of fused-ring (bicyclic) bond motifs is 3. The molecule has 0 bridgehead atoms. The van der Waals surface area contributed by atoms with Crippen LogP contribution < -0.4 is 0 Å². The van der Waals surface area contributed by atoms with Gasteiger partial charge in [-0.05, 0) is 24.3 Å². The van der Waals surface area contributed by atoms with Gasteiger partial charge in [0.05, 0.1) is 21.7 Å². The summed E-state index contributed by atoms with van der Waals surface area (Å²) in [4.78, 5) is 0. The maximum atomic E-state index is 13.2. The van der Waals surface area contributed by atoms with Crippen molar-refractivity contribution < 1.29 is 39.5 Å². The molecule has 0 fully saturated rings. The molecule has 3 rings (SSSR count). The molecule has 3 aromatic rings. The topological polar surface area (TPSA) is 0 Å². The third kappa shape index (κ3) is 3.09. The Morgan fingerprint density at radius 3 is 1.81 bits per heavy atom. The van der Waals surface area contributed by atoms with Gasteiger partial charge in [-0.1, -0.05) is 11.6 Å². The number of hydrogen-bond donors (Lipinski definition) is 0. The van der Waals surface area contributed by atoms with Crippen molar-refractivity contribution in [3.63, 3.8) is 0 Å². The van der Waals surface area contributed by atoms with Gasteiger partial charge in [0.1, 0.15) is 0 Å². The van der Waals surface area contributed by atoms with Gasteiger partial charge in [0, 0.05) is 20.2 Å². The number of rotatable bonds is 0. The van der Waals surface area contributed by atoms with E-state index >= 15 is 0 Å². The van der Waals surface area contributed by atoms with Crippen LogP contribution in [0.3, 0.4) is 0 Å². The summed E-state index contributed by atoms with van der Waals surface area (Å²) in [5.41, 5.74) is -4.53. The van der Waals surface area contributed by atoms with Crippen molar-refractivity contribution in [2.45, 2.75) is 18.5 Å². The molecule has 0 nitrogen and oxygen atoms in total. The molecule has 26 heavy (non-hydrogen) atoms. The second-order valence-electron chi connectivity index (χ2n) is 5.30. The number of alkyl halides is 9. The average molecular weight is 423 g/mol. The number of benzene rings is 2. The highest BCUT2D eigenvalue weighted by atomic mass is 35.5. The van der Waals surface area contributed by atoms with Crippen LogP contribution in [0.5, 0.6) is 0 Å². The van der Waals surface area contributed by atoms with Gasteiger partial charge < -0.3 is 0 Å². The predicted octanol–water partition coefficient (Wildman–Crippen LogP) is 7.76. The summed E-state index contributed by atoms with van der Waals surface area (Å²) < 4.78 is 117. The van der Waals surface area contributed by atoms with Gasteiger partial charge in [-0.2, -0.15) is 39.5 Å². The highest BCUT2D eigenvalue weighted by molar-refractivity contribution is 7.26. The molecule has 0 radical (unpaired) electrons. The van der Waals surface area contributed by atoms with E-state index in [0.717, 1.165) is 6.07 Å². The van der Waals surface area contributed by atoms with E-state index in [4.69, 9.17) is 11.6 Å². The quantitative estimate of drug-likeness (QED) is 0.325. The van der Waals surface area contributed by atoms with E-state index < -0.39 is 55.7 Å². The molecule has 140 valence electrons. The van der Waals surface area contributed by atoms with Crippen molar-refractivity contribution in [2.24, 2.45) is 0 Å². The van der Waals surface area contributed by atoms with Crippen LogP contribution in [0.1, 0.15) is 16.7 Å². The lowest BCUT2D eigenvalue weighted by Gasteiger charge is -2.13. The zero-order chi connectivity index (χ0) is 19.7. The Balaban J connectivity index is 2.52. The van der Waals surface area contributed by atoms with E-state index in [1.807, 2.05) is 0 Å². The molecule has 0 saturated carbocycles. The number of halogens is 10. The molecular weight excluding hydrogens is 419 g/mol. The lowest BCUT2D eigenvalue weighted by atomic mass is 10.0. The summed E-state index contributed by atoms with van der Waals surface area (Å²) in [7, 11) is 0. The van der Waals surface area contributed by atoms with Crippen LogP contribution in [0.4, 0.5) is 39.5 Å². The van der Waals surface area contributed by atoms with Crippen molar-refractivity contribution in [3.05, 3.63) is 46.0 Å². The van der Waals surface area contributed by atoms with Crippen LogP contribution >= 0.6 is 22.9 Å². The van der Waals surface area contributed by atoms with E-state index in [2.05, 4.69) is 0 Å². The third-order valence-corrected chi connectivity index (χ3v) is 5.21. The number of hydrogen-bond acceptors (Lipinski definition) is 1. The Hall–Kier alpha value is -1.68. The first kappa shape index (κ1) is 19.1. The molecule has 0 atom stereocenters. The van der Waals surface area contributed by atoms with Gasteiger partial charge in [-0.15, -0.1) is 11.3 Å². The standard InChI is InChI=1S/C15H4ClF9S/c16-11-7(14(20,21)22)1-2-9-10(11)6-3-5(13(17,18)19)4-8(12(6)26-9)15(23,24)25/h1-4H. The van der Waals surface area contributed by atoms with E-state index in [-0.39, 0.29) is 10.8 Å². The minimum absolute atomic E-state index is 0.0592. The van der Waals surface area contributed by atoms with Gasteiger partial charge in [-0.3, -0.25) is 0 Å². The maximum Gasteiger partial charge on any atom is 0.417 e. The predicted molar refractivity (Wildman–Crippen MR) is 79.3 cm³/mol. The summed E-state index contributed by atoms with van der Waals surface area (Å²) >= 11 is 6.13. The second-order valence-corrected chi connectivity index (χ2v) is 6.73. The van der Waals surface area contributed by atoms with Crippen molar-refractivity contribution in [1.29, 1.82) is 0 Å². The van der Waals surface area contributed by atoms with Crippen molar-refractivity contribution in [1.82, 2.24) is 0 Å². The van der Waals surface area contributed by atoms with Crippen LogP contribution in [0.25, 0.3) is 20.2 Å². The van der Waals surface area contributed by atoms with Gasteiger partial charge in [0.25, 0.3) is 0 Å². The minimum Gasteiger partial charge on any atom is -0.166 e. The fraction of sp³-hybridized carbons (Fsp3) is 0.200. The Morgan fingerprint density at radius 2 is 1.31 bits per heavy atom. The molecule has 0 aliphatic rings. The Labute approximate surface area is 147 Å². The summed E-state index contributed by atoms with van der Waals surface area (Å²) in [5.74, 6) is 0. The fourth-order valence-corrected chi connectivity index (χ4v) is 4.18. The molecule has 0 amide bonds. The molecule has 1 aromatic heterocycles. The monoisotopic (exact) mass is 422 g/mol. The van der Waals surface area contributed by atoms with Crippen LogP contribution in [-0.2, 0) is 18.5 Å². The van der Waals surface area contributed by atoms with Gasteiger partial charge >= 0.3 is 18.5 Å². The van der Waals surface area contributed by atoms with Crippen molar-refractivity contribution in [2.75, 3.05) is 0 Å². The normalized spacial score (nSPS) is 13.8. The fourth-order valence-electron chi connectivity index (χ4n) is 2.52. The largest absolute Gasteiger partial charge is 0.417 e. The summed E-state index contributed by atoms with van der Waals surface area (Å²) in [6, 6.07) is 1.80. The molecule has 0 saturated heterocycles. The second kappa shape index (κ2) is 5.66. The molecule has 11 heteroatoms. The summed E-state index contributed by atoms with van der Waals surface area (Å²) in [5, 5.41) is -2.05. The Bertz CT molecular complexity index is 1010. The third-order valence-electron chi connectivity index (χ3n) is 3.61.